The minimum absolute atomic E-state index is 0.124. The summed E-state index contributed by atoms with van der Waals surface area (Å²) in [7, 11) is 1.61. The molecule has 0 radical (unpaired) electrons. The monoisotopic (exact) mass is 276 g/mol. The maximum Gasteiger partial charge on any atom is 0.123 e. The number of halogens is 2. The topological polar surface area (TPSA) is 56.5 Å². The molecule has 1 aromatic carbocycles. The number of hydrogen-bond acceptors (Lipinski definition) is 4. The molecule has 0 bridgehead atoms. The van der Waals surface area contributed by atoms with Crippen LogP contribution in [0.1, 0.15) is 5.56 Å². The molecule has 6 heteroatoms. The van der Waals surface area contributed by atoms with Gasteiger partial charge >= 0.3 is 0 Å². The van der Waals surface area contributed by atoms with Gasteiger partial charge < -0.3 is 9.47 Å². The van der Waals surface area contributed by atoms with Crippen LogP contribution in [-0.2, 0) is 15.9 Å². The molecule has 1 atom stereocenters. The van der Waals surface area contributed by atoms with Gasteiger partial charge in [-0.3, -0.25) is 11.3 Å². The predicted molar refractivity (Wildman–Crippen MR) is 68.9 cm³/mol. The van der Waals surface area contributed by atoms with Crippen LogP contribution in [0.25, 0.3) is 0 Å². The van der Waals surface area contributed by atoms with Crippen LogP contribution in [0.5, 0.6) is 0 Å². The Balaban J connectivity index is 2.48. The van der Waals surface area contributed by atoms with E-state index in [-0.39, 0.29) is 11.9 Å². The lowest BCUT2D eigenvalue weighted by Crippen LogP contribution is -2.40. The molecule has 0 heterocycles. The first-order valence-electron chi connectivity index (χ1n) is 5.64. The molecule has 3 N–H and O–H groups in total. The van der Waals surface area contributed by atoms with Crippen LogP contribution in [0.3, 0.4) is 0 Å². The maximum absolute atomic E-state index is 13.1. The van der Waals surface area contributed by atoms with Crippen LogP contribution in [0.15, 0.2) is 18.2 Å². The van der Waals surface area contributed by atoms with Gasteiger partial charge in [-0.25, -0.2) is 4.39 Å². The van der Waals surface area contributed by atoms with Crippen molar-refractivity contribution < 1.29 is 13.9 Å². The molecule has 0 aliphatic rings. The molecule has 1 unspecified atom stereocenters. The highest BCUT2D eigenvalue weighted by Crippen LogP contribution is 2.18. The molecule has 0 spiro atoms. The SMILES string of the molecule is COCCOCC(Cc1cc(F)ccc1Cl)NN. The summed E-state index contributed by atoms with van der Waals surface area (Å²) in [5, 5.41) is 0.522. The summed E-state index contributed by atoms with van der Waals surface area (Å²) in [6, 6.07) is 4.14. The number of ether oxygens (including phenoxy) is 2. The molecule has 0 aliphatic heterocycles. The van der Waals surface area contributed by atoms with E-state index < -0.39 is 0 Å². The number of hydrazine groups is 1. The third-order valence-electron chi connectivity index (χ3n) is 2.46. The smallest absolute Gasteiger partial charge is 0.123 e. The molecule has 18 heavy (non-hydrogen) atoms. The average Bonchev–Trinajstić information content (AvgIpc) is 2.37. The van der Waals surface area contributed by atoms with Gasteiger partial charge in [-0.1, -0.05) is 11.6 Å². The molecule has 0 aromatic heterocycles. The zero-order chi connectivity index (χ0) is 13.4. The Bertz CT molecular complexity index is 366. The predicted octanol–water partition coefficient (Wildman–Crippen LogP) is 1.52. The zero-order valence-electron chi connectivity index (χ0n) is 10.3. The van der Waals surface area contributed by atoms with Crippen molar-refractivity contribution in [2.24, 2.45) is 5.84 Å². The molecule has 1 aromatic rings. The number of benzene rings is 1. The summed E-state index contributed by atoms with van der Waals surface area (Å²) in [6.45, 7) is 1.43. The van der Waals surface area contributed by atoms with Crippen molar-refractivity contribution in [3.05, 3.63) is 34.6 Å². The van der Waals surface area contributed by atoms with Crippen LogP contribution in [0, 0.1) is 5.82 Å². The number of rotatable bonds is 8. The fraction of sp³-hybridized carbons (Fsp3) is 0.500. The molecule has 0 saturated carbocycles. The largest absolute Gasteiger partial charge is 0.382 e. The minimum Gasteiger partial charge on any atom is -0.382 e. The molecule has 0 aliphatic carbocycles. The van der Waals surface area contributed by atoms with Gasteiger partial charge in [0.05, 0.1) is 19.8 Å². The summed E-state index contributed by atoms with van der Waals surface area (Å²) < 4.78 is 23.3. The molecule has 102 valence electrons. The van der Waals surface area contributed by atoms with E-state index >= 15 is 0 Å². The van der Waals surface area contributed by atoms with Gasteiger partial charge in [-0.05, 0) is 30.2 Å². The van der Waals surface area contributed by atoms with E-state index in [1.807, 2.05) is 0 Å². The molecule has 0 saturated heterocycles. The highest BCUT2D eigenvalue weighted by molar-refractivity contribution is 6.31. The number of hydrogen-bond donors (Lipinski definition) is 2. The average molecular weight is 277 g/mol. The Morgan fingerprint density at radius 1 is 1.44 bits per heavy atom. The standard InChI is InChI=1S/C12H18ClFN2O2/c1-17-4-5-18-8-11(16-15)7-9-6-10(14)2-3-12(9)13/h2-3,6,11,16H,4-5,7-8,15H2,1H3. The Kier molecular flexibility index (Phi) is 7.15. The van der Waals surface area contributed by atoms with E-state index in [0.717, 1.165) is 0 Å². The first kappa shape index (κ1) is 15.3. The Labute approximate surface area is 111 Å². The van der Waals surface area contributed by atoms with E-state index in [1.54, 1.807) is 7.11 Å². The number of methoxy groups -OCH3 is 1. The normalized spacial score (nSPS) is 12.7. The number of nitrogens with two attached hydrogens (primary N) is 1. The fourth-order valence-corrected chi connectivity index (χ4v) is 1.69. The van der Waals surface area contributed by atoms with Gasteiger partial charge in [0.25, 0.3) is 0 Å². The van der Waals surface area contributed by atoms with Crippen molar-refractivity contribution in [1.82, 2.24) is 5.43 Å². The van der Waals surface area contributed by atoms with Gasteiger partial charge in [-0.15, -0.1) is 0 Å². The van der Waals surface area contributed by atoms with E-state index in [9.17, 15) is 4.39 Å². The second kappa shape index (κ2) is 8.39. The highest BCUT2D eigenvalue weighted by Gasteiger charge is 2.11. The number of nitrogens with one attached hydrogen (secondary N) is 1. The summed E-state index contributed by atoms with van der Waals surface area (Å²) in [4.78, 5) is 0. The van der Waals surface area contributed by atoms with E-state index in [4.69, 9.17) is 26.9 Å². The van der Waals surface area contributed by atoms with E-state index in [2.05, 4.69) is 5.43 Å². The fourth-order valence-electron chi connectivity index (χ4n) is 1.50. The lowest BCUT2D eigenvalue weighted by Gasteiger charge is -2.16. The Morgan fingerprint density at radius 2 is 2.22 bits per heavy atom. The summed E-state index contributed by atoms with van der Waals surface area (Å²) in [5.41, 5.74) is 3.33. The summed E-state index contributed by atoms with van der Waals surface area (Å²) >= 11 is 5.98. The van der Waals surface area contributed by atoms with Crippen molar-refractivity contribution in [3.8, 4) is 0 Å². The molecule has 1 rings (SSSR count). The molecule has 0 fully saturated rings. The van der Waals surface area contributed by atoms with Crippen LogP contribution in [0.4, 0.5) is 4.39 Å². The van der Waals surface area contributed by atoms with Crippen molar-refractivity contribution in [1.29, 1.82) is 0 Å². The second-order valence-electron chi connectivity index (χ2n) is 3.87. The first-order chi connectivity index (χ1) is 8.67. The van der Waals surface area contributed by atoms with Gasteiger partial charge in [0.1, 0.15) is 5.82 Å². The Morgan fingerprint density at radius 3 is 2.89 bits per heavy atom. The second-order valence-corrected chi connectivity index (χ2v) is 4.28. The van der Waals surface area contributed by atoms with Crippen LogP contribution < -0.4 is 11.3 Å². The van der Waals surface area contributed by atoms with Gasteiger partial charge in [0.2, 0.25) is 0 Å². The first-order valence-corrected chi connectivity index (χ1v) is 6.02. The zero-order valence-corrected chi connectivity index (χ0v) is 11.0. The third-order valence-corrected chi connectivity index (χ3v) is 2.83. The van der Waals surface area contributed by atoms with Crippen molar-refractivity contribution in [2.75, 3.05) is 26.9 Å². The maximum atomic E-state index is 13.1. The van der Waals surface area contributed by atoms with E-state index in [0.29, 0.717) is 36.8 Å². The minimum atomic E-state index is -0.314. The van der Waals surface area contributed by atoms with Gasteiger partial charge in [0, 0.05) is 18.2 Å². The lowest BCUT2D eigenvalue weighted by molar-refractivity contribution is 0.0587. The van der Waals surface area contributed by atoms with Crippen LogP contribution in [0.2, 0.25) is 5.02 Å². The van der Waals surface area contributed by atoms with Crippen molar-refractivity contribution >= 4 is 11.6 Å². The highest BCUT2D eigenvalue weighted by atomic mass is 35.5. The molecule has 0 amide bonds. The van der Waals surface area contributed by atoms with Crippen LogP contribution in [-0.4, -0.2) is 33.0 Å². The van der Waals surface area contributed by atoms with Gasteiger partial charge in [-0.2, -0.15) is 0 Å². The molecular weight excluding hydrogens is 259 g/mol. The lowest BCUT2D eigenvalue weighted by atomic mass is 10.1. The van der Waals surface area contributed by atoms with Gasteiger partial charge in [0.15, 0.2) is 0 Å². The molecule has 4 nitrogen and oxygen atoms in total. The summed E-state index contributed by atoms with van der Waals surface area (Å²) in [6.07, 6.45) is 0.500. The molecular formula is C12H18ClFN2O2. The summed E-state index contributed by atoms with van der Waals surface area (Å²) in [5.74, 6) is 5.11. The van der Waals surface area contributed by atoms with Crippen LogP contribution >= 0.6 is 11.6 Å². The quantitative estimate of drug-likeness (QED) is 0.429. The van der Waals surface area contributed by atoms with Crippen molar-refractivity contribution in [2.45, 2.75) is 12.5 Å². The third kappa shape index (κ3) is 5.29. The Hall–Kier alpha value is -0.720. The van der Waals surface area contributed by atoms with E-state index in [1.165, 1.54) is 18.2 Å². The van der Waals surface area contributed by atoms with Crippen molar-refractivity contribution in [3.63, 3.8) is 0 Å².